The van der Waals surface area contributed by atoms with E-state index in [0.29, 0.717) is 28.8 Å². The predicted octanol–water partition coefficient (Wildman–Crippen LogP) is 0.694. The first-order valence-electron chi connectivity index (χ1n) is 10.3. The Bertz CT molecular complexity index is 928. The molecule has 5 aliphatic rings. The maximum atomic E-state index is 12.8. The molecule has 1 aromatic carbocycles. The third kappa shape index (κ3) is 1.67. The van der Waals surface area contributed by atoms with Crippen LogP contribution in [0.1, 0.15) is 43.2 Å². The van der Waals surface area contributed by atoms with Crippen LogP contribution in [0.15, 0.2) is 6.07 Å². The number of carbonyl (C=O) groups excluding carboxylic acids is 1. The summed E-state index contributed by atoms with van der Waals surface area (Å²) in [6, 6.07) is 1.25. The van der Waals surface area contributed by atoms with Crippen molar-refractivity contribution in [2.75, 3.05) is 13.6 Å². The van der Waals surface area contributed by atoms with E-state index in [1.54, 1.807) is 6.07 Å². The van der Waals surface area contributed by atoms with Crippen LogP contribution < -0.4 is 4.74 Å². The van der Waals surface area contributed by atoms with Crippen LogP contribution in [0.25, 0.3) is 0 Å². The van der Waals surface area contributed by atoms with Crippen molar-refractivity contribution in [1.82, 2.24) is 0 Å². The summed E-state index contributed by atoms with van der Waals surface area (Å²) in [5.41, 5.74) is -0.835. The van der Waals surface area contributed by atoms with Gasteiger partial charge in [0.1, 0.15) is 11.6 Å². The second-order valence-electron chi connectivity index (χ2n) is 9.84. The molecule has 1 aromatic rings. The number of Topliss-reactive ketones (excluding diaryl/α,β-unsaturated/α-hetero) is 1. The lowest BCUT2D eigenvalue weighted by Gasteiger charge is -2.65. The average molecular weight is 388 g/mol. The highest BCUT2D eigenvalue weighted by Crippen LogP contribution is 2.67. The number of phenolic OH excluding ortho intramolecular Hbond substituents is 2. The average Bonchev–Trinajstić information content (AvgIpc) is 3.37. The topological polar surface area (TPSA) is 107 Å². The molecule has 1 saturated heterocycles. The number of quaternary nitrogens is 1. The molecule has 2 saturated carbocycles. The number of phenols is 2. The molecular formula is C21H26NO6+. The molecule has 6 rings (SSSR count). The molecule has 7 heteroatoms. The first-order chi connectivity index (χ1) is 13.2. The van der Waals surface area contributed by atoms with Crippen molar-refractivity contribution in [2.45, 2.75) is 67.9 Å². The summed E-state index contributed by atoms with van der Waals surface area (Å²) >= 11 is 0. The van der Waals surface area contributed by atoms with Gasteiger partial charge in [-0.05, 0) is 30.9 Å². The second kappa shape index (κ2) is 4.83. The molecule has 0 radical (unpaired) electrons. The molecule has 0 aromatic heterocycles. The molecule has 0 amide bonds. The number of hydrogen-bond donors (Lipinski definition) is 4. The van der Waals surface area contributed by atoms with Gasteiger partial charge in [0.2, 0.25) is 5.75 Å². The summed E-state index contributed by atoms with van der Waals surface area (Å²) in [6.45, 7) is 0.802. The zero-order valence-corrected chi connectivity index (χ0v) is 15.9. The number of nitrogens with zero attached hydrogens (tertiary/aromatic N) is 1. The molecule has 2 heterocycles. The van der Waals surface area contributed by atoms with Crippen LogP contribution in [0.4, 0.5) is 0 Å². The summed E-state index contributed by atoms with van der Waals surface area (Å²) in [7, 11) is 2.02. The van der Waals surface area contributed by atoms with Gasteiger partial charge in [-0.3, -0.25) is 9.28 Å². The van der Waals surface area contributed by atoms with Gasteiger partial charge in [-0.15, -0.1) is 0 Å². The van der Waals surface area contributed by atoms with Crippen LogP contribution in [0, 0.1) is 5.92 Å². The normalized spacial score (nSPS) is 45.5. The lowest BCUT2D eigenvalue weighted by molar-refractivity contribution is -0.992. The molecule has 3 aliphatic carbocycles. The molecule has 4 N–H and O–H groups in total. The molecule has 28 heavy (non-hydrogen) atoms. The maximum Gasteiger partial charge on any atom is 0.200 e. The van der Waals surface area contributed by atoms with Gasteiger partial charge in [-0.2, -0.15) is 0 Å². The molecule has 7 nitrogen and oxygen atoms in total. The minimum atomic E-state index is -1.20. The Morgan fingerprint density at radius 2 is 2.07 bits per heavy atom. The van der Waals surface area contributed by atoms with Crippen molar-refractivity contribution in [3.63, 3.8) is 0 Å². The summed E-state index contributed by atoms with van der Waals surface area (Å²) in [5.74, 6) is -0.0964. The number of ether oxygens (including phenoxy) is 1. The third-order valence-corrected chi connectivity index (χ3v) is 8.47. The van der Waals surface area contributed by atoms with Crippen molar-refractivity contribution < 1.29 is 34.4 Å². The highest BCUT2D eigenvalue weighted by atomic mass is 16.5. The van der Waals surface area contributed by atoms with Gasteiger partial charge >= 0.3 is 0 Å². The Morgan fingerprint density at radius 3 is 2.79 bits per heavy atom. The molecule has 1 unspecified atom stereocenters. The summed E-state index contributed by atoms with van der Waals surface area (Å²) < 4.78 is 6.30. The number of ketones is 1. The monoisotopic (exact) mass is 388 g/mol. The van der Waals surface area contributed by atoms with Crippen molar-refractivity contribution in [1.29, 1.82) is 0 Å². The van der Waals surface area contributed by atoms with Gasteiger partial charge in [-0.1, -0.05) is 0 Å². The van der Waals surface area contributed by atoms with Crippen LogP contribution in [0.5, 0.6) is 17.2 Å². The molecule has 6 atom stereocenters. The van der Waals surface area contributed by atoms with Crippen molar-refractivity contribution in [2.24, 2.45) is 5.92 Å². The molecular weight excluding hydrogens is 362 g/mol. The second-order valence-corrected chi connectivity index (χ2v) is 9.84. The Labute approximate surface area is 162 Å². The fraction of sp³-hybridized carbons (Fsp3) is 0.667. The SMILES string of the molecule is C[N@+]1(CC2CC2)C(O)C[C@]23c4c5cc(O)c(O)c4O[C@H]2C(=O)CC[C@@]3(O)[C@@H]1C5. The number of aromatic hydroxyl groups is 2. The van der Waals surface area contributed by atoms with Gasteiger partial charge in [0.05, 0.1) is 19.0 Å². The van der Waals surface area contributed by atoms with E-state index in [0.717, 1.165) is 24.9 Å². The maximum absolute atomic E-state index is 12.8. The van der Waals surface area contributed by atoms with Crippen LogP contribution in [0.2, 0.25) is 0 Å². The quantitative estimate of drug-likeness (QED) is 0.439. The zero-order valence-electron chi connectivity index (χ0n) is 15.9. The number of carbonyl (C=O) groups is 1. The number of aliphatic hydroxyl groups excluding tert-OH is 1. The van der Waals surface area contributed by atoms with E-state index < -0.39 is 23.3 Å². The van der Waals surface area contributed by atoms with Crippen molar-refractivity contribution in [3.05, 3.63) is 17.2 Å². The minimum Gasteiger partial charge on any atom is -0.504 e. The fourth-order valence-corrected chi connectivity index (χ4v) is 6.99. The number of likely N-dealkylation sites (tertiary alicyclic amines) is 1. The van der Waals surface area contributed by atoms with E-state index in [9.17, 15) is 25.2 Å². The van der Waals surface area contributed by atoms with Gasteiger partial charge in [0.25, 0.3) is 0 Å². The highest BCUT2D eigenvalue weighted by molar-refractivity contribution is 5.90. The third-order valence-electron chi connectivity index (χ3n) is 8.47. The lowest BCUT2D eigenvalue weighted by Crippen LogP contribution is -2.83. The smallest absolute Gasteiger partial charge is 0.200 e. The van der Waals surface area contributed by atoms with Gasteiger partial charge < -0.3 is 25.2 Å². The molecule has 3 fully saturated rings. The number of aliphatic hydroxyl groups is 2. The van der Waals surface area contributed by atoms with Crippen molar-refractivity contribution in [3.8, 4) is 17.2 Å². The number of rotatable bonds is 2. The van der Waals surface area contributed by atoms with E-state index >= 15 is 0 Å². The fourth-order valence-electron chi connectivity index (χ4n) is 6.99. The molecule has 2 bridgehead atoms. The largest absolute Gasteiger partial charge is 0.504 e. The number of benzene rings is 1. The molecule has 150 valence electrons. The lowest BCUT2D eigenvalue weighted by atomic mass is 9.48. The van der Waals surface area contributed by atoms with E-state index in [-0.39, 0.29) is 41.9 Å². The molecule has 2 aliphatic heterocycles. The van der Waals surface area contributed by atoms with Crippen molar-refractivity contribution >= 4 is 5.78 Å². The zero-order chi connectivity index (χ0) is 19.6. The Morgan fingerprint density at radius 1 is 1.32 bits per heavy atom. The number of piperidine rings is 1. The Hall–Kier alpha value is -1.83. The van der Waals surface area contributed by atoms with E-state index in [4.69, 9.17) is 4.74 Å². The Kier molecular flexibility index (Phi) is 2.94. The Balaban J connectivity index is 1.64. The first-order valence-corrected chi connectivity index (χ1v) is 10.3. The highest BCUT2D eigenvalue weighted by Gasteiger charge is 2.78. The first kappa shape index (κ1) is 17.1. The van der Waals surface area contributed by atoms with Crippen LogP contribution >= 0.6 is 0 Å². The minimum absolute atomic E-state index is 0.109. The van der Waals surface area contributed by atoms with E-state index in [1.807, 2.05) is 7.05 Å². The standard InChI is InChI=1S/C21H25NO6/c1-22(9-10-2-3-10)14-7-11-6-13(24)17(26)18-16(11)20(8-15(22)25)19(28-18)12(23)4-5-21(14,20)27/h6,10,14-15,19,25,27H,2-5,7-9H2,1H3,(H-,24,26)/p+1/t14-,15?,19-,20-,21+,22+/m0/s1. The van der Waals surface area contributed by atoms with E-state index in [1.165, 1.54) is 0 Å². The summed E-state index contributed by atoms with van der Waals surface area (Å²) in [5, 5.41) is 44.2. The van der Waals surface area contributed by atoms with Gasteiger partial charge in [0.15, 0.2) is 29.6 Å². The predicted molar refractivity (Wildman–Crippen MR) is 96.9 cm³/mol. The number of likely N-dealkylation sites (N-methyl/N-ethyl adjacent to an activating group) is 1. The van der Waals surface area contributed by atoms with Crippen LogP contribution in [0.3, 0.4) is 0 Å². The van der Waals surface area contributed by atoms with Gasteiger partial charge in [-0.25, -0.2) is 0 Å². The number of hydrogen-bond acceptors (Lipinski definition) is 6. The summed E-state index contributed by atoms with van der Waals surface area (Å²) in [4.78, 5) is 12.8. The molecule has 1 spiro atoms. The van der Waals surface area contributed by atoms with Gasteiger partial charge in [0, 0.05) is 30.7 Å². The van der Waals surface area contributed by atoms with E-state index in [2.05, 4.69) is 0 Å². The van der Waals surface area contributed by atoms with Crippen LogP contribution in [-0.2, 0) is 16.6 Å². The summed E-state index contributed by atoms with van der Waals surface area (Å²) in [6.07, 6.45) is 1.88. The van der Waals surface area contributed by atoms with Crippen LogP contribution in [-0.4, -0.2) is 68.3 Å².